The number of rotatable bonds is 6. The predicted octanol–water partition coefficient (Wildman–Crippen LogP) is 5.06. The molecule has 30 heavy (non-hydrogen) atoms. The number of sulfonamides is 1. The smallest absolute Gasteiger partial charge is 0.261 e. The summed E-state index contributed by atoms with van der Waals surface area (Å²) < 4.78 is 29.1. The monoisotopic (exact) mass is 440 g/mol. The number of amides is 1. The highest BCUT2D eigenvalue weighted by Crippen LogP contribution is 2.36. The van der Waals surface area contributed by atoms with Crippen molar-refractivity contribution in [3.05, 3.63) is 59.7 Å². The van der Waals surface area contributed by atoms with Crippen LogP contribution >= 0.6 is 11.8 Å². The van der Waals surface area contributed by atoms with Crippen LogP contribution in [0.4, 0.5) is 11.4 Å². The Kier molecular flexibility index (Phi) is 5.51. The second-order valence-electron chi connectivity index (χ2n) is 7.72. The third kappa shape index (κ3) is 3.79. The summed E-state index contributed by atoms with van der Waals surface area (Å²) in [6.45, 7) is 3.59. The molecule has 0 radical (unpaired) electrons. The van der Waals surface area contributed by atoms with Crippen LogP contribution in [0.3, 0.4) is 0 Å². The zero-order chi connectivity index (χ0) is 21.5. The van der Waals surface area contributed by atoms with Gasteiger partial charge in [-0.2, -0.15) is 0 Å². The highest BCUT2D eigenvalue weighted by molar-refractivity contribution is 7.98. The molecule has 0 fully saturated rings. The summed E-state index contributed by atoms with van der Waals surface area (Å²) in [6, 6.07) is 14.7. The lowest BCUT2D eigenvalue weighted by Crippen LogP contribution is -2.19. The van der Waals surface area contributed by atoms with Crippen molar-refractivity contribution in [2.75, 3.05) is 16.3 Å². The topological polar surface area (TPSA) is 75.3 Å². The Morgan fingerprint density at radius 1 is 1.00 bits per heavy atom. The molecule has 0 unspecified atom stereocenters. The Bertz CT molecular complexity index is 1240. The predicted molar refractivity (Wildman–Crippen MR) is 124 cm³/mol. The Labute approximate surface area is 181 Å². The summed E-state index contributed by atoms with van der Waals surface area (Å²) >= 11 is 1.45. The number of benzene rings is 3. The van der Waals surface area contributed by atoms with Crippen LogP contribution in [0, 0.1) is 5.92 Å². The molecule has 0 aromatic heterocycles. The van der Waals surface area contributed by atoms with Crippen LogP contribution in [-0.2, 0) is 27.7 Å². The fraction of sp³-hybridized carbons (Fsp3) is 0.261. The molecule has 156 valence electrons. The summed E-state index contributed by atoms with van der Waals surface area (Å²) in [4.78, 5) is 13.1. The summed E-state index contributed by atoms with van der Waals surface area (Å²) in [5, 5.41) is 4.91. The van der Waals surface area contributed by atoms with E-state index >= 15 is 0 Å². The van der Waals surface area contributed by atoms with Gasteiger partial charge in [0, 0.05) is 16.2 Å². The van der Waals surface area contributed by atoms with Crippen LogP contribution in [0.25, 0.3) is 10.8 Å². The molecule has 0 aliphatic heterocycles. The van der Waals surface area contributed by atoms with Gasteiger partial charge in [-0.1, -0.05) is 38.1 Å². The first-order chi connectivity index (χ1) is 14.3. The maximum atomic E-state index is 13.2. The fourth-order valence-corrected chi connectivity index (χ4v) is 5.41. The van der Waals surface area contributed by atoms with Crippen molar-refractivity contribution in [2.45, 2.75) is 36.5 Å². The van der Waals surface area contributed by atoms with E-state index in [-0.39, 0.29) is 16.7 Å². The van der Waals surface area contributed by atoms with Crippen LogP contribution in [0.15, 0.2) is 58.3 Å². The maximum Gasteiger partial charge on any atom is 0.261 e. The van der Waals surface area contributed by atoms with Gasteiger partial charge in [-0.3, -0.25) is 9.52 Å². The van der Waals surface area contributed by atoms with Crippen LogP contribution in [-0.4, -0.2) is 20.6 Å². The first-order valence-corrected chi connectivity index (χ1v) is 12.6. The number of anilines is 2. The highest BCUT2D eigenvalue weighted by atomic mass is 32.2. The average Bonchev–Trinajstić information content (AvgIpc) is 3.14. The SMILES string of the molecule is CSc1ccc(S(=O)(=O)Nc2ccc3c4c(cccc24)CC3)cc1NC(=O)C(C)C. The molecule has 0 bridgehead atoms. The molecule has 5 nitrogen and oxygen atoms in total. The van der Waals surface area contributed by atoms with Gasteiger partial charge in [-0.25, -0.2) is 8.42 Å². The van der Waals surface area contributed by atoms with Gasteiger partial charge in [-0.15, -0.1) is 11.8 Å². The standard InChI is InChI=1S/C23H24N2O3S2/c1-14(2)23(26)24-20-13-17(10-12-21(20)29-3)30(27,28)25-19-11-9-16-8-7-15-5-4-6-18(19)22(15)16/h4-6,9-14,25H,7-8H2,1-3H3,(H,24,26). The van der Waals surface area contributed by atoms with Gasteiger partial charge in [0.05, 0.1) is 16.3 Å². The van der Waals surface area contributed by atoms with Crippen molar-refractivity contribution in [1.82, 2.24) is 0 Å². The normalized spacial score (nSPS) is 13.1. The highest BCUT2D eigenvalue weighted by Gasteiger charge is 2.21. The van der Waals surface area contributed by atoms with Gasteiger partial charge in [0.2, 0.25) is 5.91 Å². The lowest BCUT2D eigenvalue weighted by molar-refractivity contribution is -0.118. The molecule has 1 aliphatic carbocycles. The second-order valence-corrected chi connectivity index (χ2v) is 10.3. The summed E-state index contributed by atoms with van der Waals surface area (Å²) in [6.07, 6.45) is 3.86. The Hall–Kier alpha value is -2.51. The van der Waals surface area contributed by atoms with Crippen molar-refractivity contribution in [3.63, 3.8) is 0 Å². The van der Waals surface area contributed by atoms with E-state index in [1.54, 1.807) is 26.0 Å². The molecule has 0 heterocycles. The van der Waals surface area contributed by atoms with Crippen LogP contribution in [0.2, 0.25) is 0 Å². The van der Waals surface area contributed by atoms with E-state index in [1.165, 1.54) is 29.0 Å². The molecule has 0 atom stereocenters. The first-order valence-electron chi connectivity index (χ1n) is 9.85. The molecule has 0 saturated heterocycles. The van der Waals surface area contributed by atoms with Crippen molar-refractivity contribution in [2.24, 2.45) is 5.92 Å². The maximum absolute atomic E-state index is 13.2. The molecule has 3 aromatic rings. The molecule has 1 amide bonds. The van der Waals surface area contributed by atoms with Gasteiger partial charge < -0.3 is 5.32 Å². The molecule has 0 spiro atoms. The van der Waals surface area contributed by atoms with Crippen LogP contribution in [0.5, 0.6) is 0 Å². The van der Waals surface area contributed by atoms with E-state index in [0.29, 0.717) is 11.4 Å². The van der Waals surface area contributed by atoms with Gasteiger partial charge in [-0.05, 0) is 59.9 Å². The number of nitrogens with one attached hydrogen (secondary N) is 2. The minimum Gasteiger partial charge on any atom is -0.325 e. The quantitative estimate of drug-likeness (QED) is 0.526. The lowest BCUT2D eigenvalue weighted by atomic mass is 10.0. The molecule has 0 saturated carbocycles. The Morgan fingerprint density at radius 2 is 1.73 bits per heavy atom. The zero-order valence-electron chi connectivity index (χ0n) is 17.2. The molecule has 1 aliphatic rings. The first kappa shape index (κ1) is 20.8. The van der Waals surface area contributed by atoms with Crippen molar-refractivity contribution >= 4 is 49.8 Å². The van der Waals surface area contributed by atoms with Crippen molar-refractivity contribution < 1.29 is 13.2 Å². The Balaban J connectivity index is 1.71. The van der Waals surface area contributed by atoms with Gasteiger partial charge in [0.25, 0.3) is 10.0 Å². The molecule has 4 rings (SSSR count). The van der Waals surface area contributed by atoms with Crippen LogP contribution in [0.1, 0.15) is 25.0 Å². The van der Waals surface area contributed by atoms with E-state index < -0.39 is 10.0 Å². The number of thioether (sulfide) groups is 1. The Morgan fingerprint density at radius 3 is 2.43 bits per heavy atom. The largest absolute Gasteiger partial charge is 0.325 e. The number of aryl methyl sites for hydroxylation is 2. The summed E-state index contributed by atoms with van der Waals surface area (Å²) in [7, 11) is -3.82. The minimum atomic E-state index is -3.82. The van der Waals surface area contributed by atoms with E-state index in [9.17, 15) is 13.2 Å². The summed E-state index contributed by atoms with van der Waals surface area (Å²) in [5.41, 5.74) is 3.59. The van der Waals surface area contributed by atoms with Crippen LogP contribution < -0.4 is 10.0 Å². The van der Waals surface area contributed by atoms with Gasteiger partial charge >= 0.3 is 0 Å². The molecular formula is C23H24N2O3S2. The number of hydrogen-bond acceptors (Lipinski definition) is 4. The minimum absolute atomic E-state index is 0.114. The van der Waals surface area contributed by atoms with Gasteiger partial charge in [0.15, 0.2) is 0 Å². The lowest BCUT2D eigenvalue weighted by Gasteiger charge is -2.15. The van der Waals surface area contributed by atoms with E-state index in [4.69, 9.17) is 0 Å². The third-order valence-electron chi connectivity index (χ3n) is 5.38. The number of carbonyl (C=O) groups excluding carboxylic acids is 1. The average molecular weight is 441 g/mol. The molecule has 3 aromatic carbocycles. The van der Waals surface area contributed by atoms with Crippen molar-refractivity contribution in [1.29, 1.82) is 0 Å². The third-order valence-corrected chi connectivity index (χ3v) is 7.54. The summed E-state index contributed by atoms with van der Waals surface area (Å²) in [5.74, 6) is -0.355. The van der Waals surface area contributed by atoms with E-state index in [1.807, 2.05) is 30.5 Å². The molecular weight excluding hydrogens is 416 g/mol. The fourth-order valence-electron chi connectivity index (χ4n) is 3.77. The second kappa shape index (κ2) is 7.96. The number of carbonyl (C=O) groups is 1. The van der Waals surface area contributed by atoms with Gasteiger partial charge in [0.1, 0.15) is 0 Å². The zero-order valence-corrected chi connectivity index (χ0v) is 18.8. The van der Waals surface area contributed by atoms with Crippen molar-refractivity contribution in [3.8, 4) is 0 Å². The number of hydrogen-bond donors (Lipinski definition) is 2. The molecule has 7 heteroatoms. The van der Waals surface area contributed by atoms with E-state index in [0.717, 1.165) is 28.5 Å². The van der Waals surface area contributed by atoms with E-state index in [2.05, 4.69) is 16.1 Å². The molecule has 2 N–H and O–H groups in total.